The maximum absolute atomic E-state index is 10.9. The van der Waals surface area contributed by atoms with Crippen molar-refractivity contribution in [3.8, 4) is 11.5 Å². The van der Waals surface area contributed by atoms with Gasteiger partial charge in [-0.15, -0.1) is 0 Å². The number of hydrogen-bond acceptors (Lipinski definition) is 2. The Labute approximate surface area is 182 Å². The summed E-state index contributed by atoms with van der Waals surface area (Å²) in [4.78, 5) is 0. The van der Waals surface area contributed by atoms with E-state index in [0.29, 0.717) is 17.6 Å². The molecule has 0 aromatic heterocycles. The van der Waals surface area contributed by atoms with Gasteiger partial charge in [-0.25, -0.2) is 0 Å². The zero-order valence-electron chi connectivity index (χ0n) is 20.2. The molecule has 0 saturated carbocycles. The lowest BCUT2D eigenvalue weighted by atomic mass is 9.72. The van der Waals surface area contributed by atoms with Gasteiger partial charge in [0.15, 0.2) is 0 Å². The van der Waals surface area contributed by atoms with Gasteiger partial charge in [0.05, 0.1) is 7.11 Å². The minimum atomic E-state index is -0.0759. The summed E-state index contributed by atoms with van der Waals surface area (Å²) in [6, 6.07) is 9.10. The fourth-order valence-electron chi connectivity index (χ4n) is 6.49. The first-order chi connectivity index (χ1) is 13.8. The number of phenolic OH excluding ortho intramolecular Hbond substituents is 1. The van der Waals surface area contributed by atoms with E-state index < -0.39 is 0 Å². The van der Waals surface area contributed by atoms with E-state index in [1.807, 2.05) is 0 Å². The molecular formula is C28H38O2. The van der Waals surface area contributed by atoms with E-state index in [2.05, 4.69) is 79.7 Å². The highest BCUT2D eigenvalue weighted by molar-refractivity contribution is 5.64. The lowest BCUT2D eigenvalue weighted by molar-refractivity contribution is 0.348. The van der Waals surface area contributed by atoms with Gasteiger partial charge in [0.2, 0.25) is 0 Å². The first-order valence-electron chi connectivity index (χ1n) is 11.4. The average molecular weight is 407 g/mol. The summed E-state index contributed by atoms with van der Waals surface area (Å²) >= 11 is 0. The summed E-state index contributed by atoms with van der Waals surface area (Å²) in [5, 5.41) is 10.9. The van der Waals surface area contributed by atoms with Crippen LogP contribution in [0.15, 0.2) is 24.3 Å². The summed E-state index contributed by atoms with van der Waals surface area (Å²) < 4.78 is 5.87. The van der Waals surface area contributed by atoms with Crippen molar-refractivity contribution >= 4 is 0 Å². The Morgan fingerprint density at radius 1 is 0.733 bits per heavy atom. The summed E-state index contributed by atoms with van der Waals surface area (Å²) in [5.74, 6) is 2.17. The highest BCUT2D eigenvalue weighted by Gasteiger charge is 2.56. The van der Waals surface area contributed by atoms with Gasteiger partial charge in [-0.05, 0) is 81.0 Å². The first-order valence-corrected chi connectivity index (χ1v) is 11.4. The molecule has 2 aliphatic carbocycles. The molecule has 0 radical (unpaired) electrons. The van der Waals surface area contributed by atoms with Crippen LogP contribution in [0.2, 0.25) is 0 Å². The Hall–Kier alpha value is -1.96. The fraction of sp³-hybridized carbons (Fsp3) is 0.571. The van der Waals surface area contributed by atoms with Crippen molar-refractivity contribution in [3.05, 3.63) is 57.6 Å². The molecule has 2 aliphatic rings. The molecular weight excluding hydrogens is 368 g/mol. The Morgan fingerprint density at radius 3 is 1.67 bits per heavy atom. The molecule has 4 rings (SSSR count). The number of fused-ring (bicyclic) bond motifs is 4. The smallest absolute Gasteiger partial charge is 0.122 e. The van der Waals surface area contributed by atoms with E-state index in [1.54, 1.807) is 7.11 Å². The third kappa shape index (κ3) is 2.82. The van der Waals surface area contributed by atoms with Crippen LogP contribution in [0.5, 0.6) is 11.5 Å². The number of ether oxygens (including phenoxy) is 1. The number of rotatable bonds is 3. The Kier molecular flexibility index (Phi) is 4.62. The minimum absolute atomic E-state index is 0.0638. The number of methoxy groups -OCH3 is 1. The second-order valence-electron chi connectivity index (χ2n) is 11.6. The zero-order chi connectivity index (χ0) is 22.2. The molecule has 1 N–H and O–H groups in total. The third-order valence-corrected chi connectivity index (χ3v) is 7.76. The van der Waals surface area contributed by atoms with Gasteiger partial charge in [-0.3, -0.25) is 0 Å². The monoisotopic (exact) mass is 406 g/mol. The number of aromatic hydroxyl groups is 1. The standard InChI is InChI=1S/C28H38O2/c1-16(2)18-10-20-22(12-24(18)29)28(14-26(20,5)6)15-27(7,8)21-11-19(17(3)4)25(30-9)13-23(21)28/h10-13,16-17,29H,14-15H2,1-9H3. The van der Waals surface area contributed by atoms with Crippen LogP contribution in [-0.2, 0) is 16.2 Å². The molecule has 0 bridgehead atoms. The highest BCUT2D eigenvalue weighted by Crippen LogP contribution is 2.64. The molecule has 0 aliphatic heterocycles. The summed E-state index contributed by atoms with van der Waals surface area (Å²) in [6.45, 7) is 18.3. The predicted octanol–water partition coefficient (Wildman–Crippen LogP) is 7.30. The van der Waals surface area contributed by atoms with Gasteiger partial charge >= 0.3 is 0 Å². The molecule has 2 aromatic carbocycles. The van der Waals surface area contributed by atoms with Crippen LogP contribution in [0.3, 0.4) is 0 Å². The van der Waals surface area contributed by atoms with Crippen molar-refractivity contribution in [1.82, 2.24) is 0 Å². The van der Waals surface area contributed by atoms with E-state index >= 15 is 0 Å². The van der Waals surface area contributed by atoms with Gasteiger partial charge < -0.3 is 9.84 Å². The van der Waals surface area contributed by atoms with Crippen molar-refractivity contribution in [1.29, 1.82) is 0 Å². The normalized spacial score (nSPS) is 23.3. The van der Waals surface area contributed by atoms with Crippen LogP contribution in [0.25, 0.3) is 0 Å². The van der Waals surface area contributed by atoms with Crippen LogP contribution in [-0.4, -0.2) is 12.2 Å². The molecule has 2 aromatic rings. The van der Waals surface area contributed by atoms with Crippen LogP contribution in [0.4, 0.5) is 0 Å². The van der Waals surface area contributed by atoms with Gasteiger partial charge in [-0.2, -0.15) is 0 Å². The highest BCUT2D eigenvalue weighted by atomic mass is 16.5. The van der Waals surface area contributed by atoms with Crippen molar-refractivity contribution in [2.24, 2.45) is 0 Å². The first kappa shape index (κ1) is 21.3. The molecule has 0 saturated heterocycles. The van der Waals surface area contributed by atoms with E-state index in [0.717, 1.165) is 24.2 Å². The van der Waals surface area contributed by atoms with Crippen LogP contribution < -0.4 is 4.74 Å². The predicted molar refractivity (Wildman–Crippen MR) is 125 cm³/mol. The SMILES string of the molecule is COc1cc2c(cc1C(C)C)C(C)(C)CC21CC(C)(C)c2cc(C(C)C)c(O)cc21. The molecule has 0 amide bonds. The second-order valence-corrected chi connectivity index (χ2v) is 11.6. The molecule has 1 unspecified atom stereocenters. The van der Waals surface area contributed by atoms with Crippen LogP contribution >= 0.6 is 0 Å². The molecule has 2 heteroatoms. The summed E-state index contributed by atoms with van der Waals surface area (Å²) in [6.07, 6.45) is 2.13. The lowest BCUT2D eigenvalue weighted by Crippen LogP contribution is -2.27. The molecule has 162 valence electrons. The quantitative estimate of drug-likeness (QED) is 0.579. The Bertz CT molecular complexity index is 1010. The van der Waals surface area contributed by atoms with E-state index in [9.17, 15) is 5.11 Å². The molecule has 2 nitrogen and oxygen atoms in total. The lowest BCUT2D eigenvalue weighted by Gasteiger charge is -2.31. The van der Waals surface area contributed by atoms with Crippen molar-refractivity contribution in [3.63, 3.8) is 0 Å². The van der Waals surface area contributed by atoms with Gasteiger partial charge in [0, 0.05) is 5.41 Å². The molecule has 0 fully saturated rings. The van der Waals surface area contributed by atoms with E-state index in [4.69, 9.17) is 4.74 Å². The maximum atomic E-state index is 10.9. The minimum Gasteiger partial charge on any atom is -0.508 e. The van der Waals surface area contributed by atoms with Crippen molar-refractivity contribution < 1.29 is 9.84 Å². The number of benzene rings is 2. The van der Waals surface area contributed by atoms with Crippen LogP contribution in [0, 0.1) is 0 Å². The Morgan fingerprint density at radius 2 is 1.20 bits per heavy atom. The molecule has 1 atom stereocenters. The van der Waals surface area contributed by atoms with E-state index in [-0.39, 0.29) is 16.2 Å². The summed E-state index contributed by atoms with van der Waals surface area (Å²) in [5.41, 5.74) is 7.98. The van der Waals surface area contributed by atoms with Crippen LogP contribution in [0.1, 0.15) is 113 Å². The van der Waals surface area contributed by atoms with E-state index in [1.165, 1.54) is 27.8 Å². The zero-order valence-corrected chi connectivity index (χ0v) is 20.2. The molecule has 1 spiro atoms. The molecule has 0 heterocycles. The largest absolute Gasteiger partial charge is 0.508 e. The van der Waals surface area contributed by atoms with Gasteiger partial charge in [0.25, 0.3) is 0 Å². The number of hydrogen-bond donors (Lipinski definition) is 1. The summed E-state index contributed by atoms with van der Waals surface area (Å²) in [7, 11) is 1.79. The third-order valence-electron chi connectivity index (χ3n) is 7.76. The fourth-order valence-corrected chi connectivity index (χ4v) is 6.49. The van der Waals surface area contributed by atoms with Crippen molar-refractivity contribution in [2.75, 3.05) is 7.11 Å². The van der Waals surface area contributed by atoms with Gasteiger partial charge in [-0.1, -0.05) is 67.5 Å². The second kappa shape index (κ2) is 6.52. The number of phenols is 1. The maximum Gasteiger partial charge on any atom is 0.122 e. The Balaban J connectivity index is 2.03. The van der Waals surface area contributed by atoms with Crippen molar-refractivity contribution in [2.45, 2.75) is 96.3 Å². The van der Waals surface area contributed by atoms with Gasteiger partial charge in [0.1, 0.15) is 11.5 Å². The average Bonchev–Trinajstić information content (AvgIpc) is 2.99. The molecule has 30 heavy (non-hydrogen) atoms. The topological polar surface area (TPSA) is 29.5 Å².